The van der Waals surface area contributed by atoms with E-state index in [1.54, 1.807) is 0 Å². The maximum atomic E-state index is 2.42. The molecule has 1 rings (SSSR count). The van der Waals surface area contributed by atoms with Gasteiger partial charge in [-0.3, -0.25) is 0 Å². The molecule has 0 aromatic carbocycles. The number of rotatable bonds is 3. The summed E-state index contributed by atoms with van der Waals surface area (Å²) in [5, 5.41) is 1.70. The predicted molar refractivity (Wildman–Crippen MR) is 70.1 cm³/mol. The monoisotopic (exact) mass is 216 g/mol. The zero-order valence-corrected chi connectivity index (χ0v) is 11.5. The summed E-state index contributed by atoms with van der Waals surface area (Å²) in [6.45, 7) is 11.0. The molecule has 86 valence electrons. The first kappa shape index (κ1) is 14.3. The minimum atomic E-state index is 0.807. The van der Waals surface area contributed by atoms with Crippen LogP contribution in [0, 0.1) is 5.92 Å². The van der Waals surface area contributed by atoms with Gasteiger partial charge < -0.3 is 0 Å². The molecule has 0 bridgehead atoms. The summed E-state index contributed by atoms with van der Waals surface area (Å²) < 4.78 is 0. The Labute approximate surface area is 95.2 Å². The van der Waals surface area contributed by atoms with Crippen LogP contribution in [-0.2, 0) is 0 Å². The van der Waals surface area contributed by atoms with Gasteiger partial charge in [-0.05, 0) is 24.0 Å². The molecule has 1 aliphatic rings. The molecule has 1 fully saturated rings. The molecule has 0 amide bonds. The van der Waals surface area contributed by atoms with Crippen molar-refractivity contribution >= 4 is 11.8 Å². The van der Waals surface area contributed by atoms with Gasteiger partial charge in [-0.15, -0.1) is 0 Å². The highest BCUT2D eigenvalue weighted by molar-refractivity contribution is 8.00. The van der Waals surface area contributed by atoms with Crippen LogP contribution >= 0.6 is 11.8 Å². The highest BCUT2D eigenvalue weighted by Crippen LogP contribution is 2.33. The molecular formula is C13H28S. The summed E-state index contributed by atoms with van der Waals surface area (Å²) in [7, 11) is 0. The third-order valence-corrected chi connectivity index (χ3v) is 4.16. The van der Waals surface area contributed by atoms with Gasteiger partial charge in [-0.2, -0.15) is 11.8 Å². The second-order valence-electron chi connectivity index (χ2n) is 4.29. The summed E-state index contributed by atoms with van der Waals surface area (Å²) in [6, 6.07) is 0. The average molecular weight is 216 g/mol. The summed E-state index contributed by atoms with van der Waals surface area (Å²) >= 11 is 2.16. The Bertz CT molecular complexity index is 114. The van der Waals surface area contributed by atoms with Gasteiger partial charge >= 0.3 is 0 Å². The van der Waals surface area contributed by atoms with Gasteiger partial charge in [-0.25, -0.2) is 0 Å². The Kier molecular flexibility index (Phi) is 8.86. The van der Waals surface area contributed by atoms with Crippen LogP contribution in [0.15, 0.2) is 0 Å². The molecule has 0 nitrogen and oxygen atoms in total. The maximum absolute atomic E-state index is 2.42. The fourth-order valence-electron chi connectivity index (χ4n) is 2.14. The Morgan fingerprint density at radius 1 is 0.929 bits per heavy atom. The summed E-state index contributed by atoms with van der Waals surface area (Å²) in [4.78, 5) is 0. The molecule has 14 heavy (non-hydrogen) atoms. The van der Waals surface area contributed by atoms with Crippen LogP contribution < -0.4 is 0 Å². The first-order chi connectivity index (χ1) is 6.70. The zero-order chi connectivity index (χ0) is 11.0. The molecule has 0 radical (unpaired) electrons. The van der Waals surface area contributed by atoms with E-state index < -0.39 is 0 Å². The molecule has 1 atom stereocenters. The fourth-order valence-corrected chi connectivity index (χ4v) is 3.50. The van der Waals surface area contributed by atoms with Gasteiger partial charge in [0.25, 0.3) is 0 Å². The van der Waals surface area contributed by atoms with Gasteiger partial charge in [0.1, 0.15) is 0 Å². The molecule has 0 aromatic heterocycles. The SMILES string of the molecule is CC.CC(C)SC(C)C1CCCCC1. The molecule has 0 spiro atoms. The lowest BCUT2D eigenvalue weighted by atomic mass is 9.87. The summed E-state index contributed by atoms with van der Waals surface area (Å²) in [5.41, 5.74) is 0. The lowest BCUT2D eigenvalue weighted by Crippen LogP contribution is -2.18. The molecule has 0 N–H and O–H groups in total. The standard InChI is InChI=1S/C11H22S.C2H6/c1-9(2)12-10(3)11-7-5-4-6-8-11;1-2/h9-11H,4-8H2,1-3H3;1-2H3. The van der Waals surface area contributed by atoms with Gasteiger partial charge in [0.2, 0.25) is 0 Å². The molecular weight excluding hydrogens is 188 g/mol. The third kappa shape index (κ3) is 5.95. The van der Waals surface area contributed by atoms with Crippen molar-refractivity contribution in [3.8, 4) is 0 Å². The van der Waals surface area contributed by atoms with Crippen molar-refractivity contribution < 1.29 is 0 Å². The van der Waals surface area contributed by atoms with Gasteiger partial charge in [0.15, 0.2) is 0 Å². The molecule has 1 aliphatic carbocycles. The van der Waals surface area contributed by atoms with Crippen LogP contribution in [0.1, 0.15) is 66.7 Å². The van der Waals surface area contributed by atoms with Crippen molar-refractivity contribution in [2.75, 3.05) is 0 Å². The van der Waals surface area contributed by atoms with E-state index in [2.05, 4.69) is 32.5 Å². The third-order valence-electron chi connectivity index (χ3n) is 2.80. The lowest BCUT2D eigenvalue weighted by Gasteiger charge is -2.28. The minimum Gasteiger partial charge on any atom is -0.156 e. The molecule has 1 saturated carbocycles. The van der Waals surface area contributed by atoms with E-state index in [9.17, 15) is 0 Å². The predicted octanol–water partition coefficient (Wildman–Crippen LogP) is 5.12. The van der Waals surface area contributed by atoms with Crippen LogP contribution in [0.3, 0.4) is 0 Å². The Morgan fingerprint density at radius 3 is 1.86 bits per heavy atom. The van der Waals surface area contributed by atoms with Crippen LogP contribution in [0.4, 0.5) is 0 Å². The number of thioether (sulfide) groups is 1. The maximum Gasteiger partial charge on any atom is 0.00495 e. The fraction of sp³-hybridized carbons (Fsp3) is 1.00. The molecule has 0 aliphatic heterocycles. The summed E-state index contributed by atoms with van der Waals surface area (Å²) in [5.74, 6) is 1.02. The van der Waals surface area contributed by atoms with Gasteiger partial charge in [-0.1, -0.05) is 53.9 Å². The molecule has 0 saturated heterocycles. The van der Waals surface area contributed by atoms with Crippen LogP contribution in [0.2, 0.25) is 0 Å². The van der Waals surface area contributed by atoms with Crippen LogP contribution in [0.25, 0.3) is 0 Å². The topological polar surface area (TPSA) is 0 Å². The van der Waals surface area contributed by atoms with Crippen molar-refractivity contribution in [3.63, 3.8) is 0 Å². The normalized spacial score (nSPS) is 20.1. The van der Waals surface area contributed by atoms with E-state index in [0.717, 1.165) is 16.4 Å². The molecule has 0 heterocycles. The van der Waals surface area contributed by atoms with E-state index in [0.29, 0.717) is 0 Å². The second-order valence-corrected chi connectivity index (χ2v) is 6.25. The Hall–Kier alpha value is 0.350. The minimum absolute atomic E-state index is 0.807. The average Bonchev–Trinajstić information content (AvgIpc) is 2.21. The van der Waals surface area contributed by atoms with E-state index in [1.807, 2.05) is 13.8 Å². The number of hydrogen-bond acceptors (Lipinski definition) is 1. The van der Waals surface area contributed by atoms with Gasteiger partial charge in [0, 0.05) is 5.25 Å². The second kappa shape index (κ2) is 8.64. The Morgan fingerprint density at radius 2 is 1.43 bits per heavy atom. The van der Waals surface area contributed by atoms with E-state index in [-0.39, 0.29) is 0 Å². The first-order valence-electron chi connectivity index (χ1n) is 6.35. The largest absolute Gasteiger partial charge is 0.156 e. The van der Waals surface area contributed by atoms with E-state index >= 15 is 0 Å². The summed E-state index contributed by atoms with van der Waals surface area (Å²) in [6.07, 6.45) is 7.42. The lowest BCUT2D eigenvalue weighted by molar-refractivity contribution is 0.356. The highest BCUT2D eigenvalue weighted by Gasteiger charge is 2.20. The van der Waals surface area contributed by atoms with Crippen molar-refractivity contribution in [1.82, 2.24) is 0 Å². The zero-order valence-electron chi connectivity index (χ0n) is 10.7. The Balaban J connectivity index is 0.000000791. The molecule has 1 unspecified atom stereocenters. The van der Waals surface area contributed by atoms with Gasteiger partial charge in [0.05, 0.1) is 0 Å². The van der Waals surface area contributed by atoms with Crippen LogP contribution in [0.5, 0.6) is 0 Å². The van der Waals surface area contributed by atoms with E-state index in [1.165, 1.54) is 32.1 Å². The number of hydrogen-bond donors (Lipinski definition) is 0. The smallest absolute Gasteiger partial charge is 0.00495 e. The van der Waals surface area contributed by atoms with Crippen LogP contribution in [-0.4, -0.2) is 10.5 Å². The first-order valence-corrected chi connectivity index (χ1v) is 7.30. The van der Waals surface area contributed by atoms with Crippen molar-refractivity contribution in [3.05, 3.63) is 0 Å². The van der Waals surface area contributed by atoms with Crippen molar-refractivity contribution in [2.45, 2.75) is 77.2 Å². The van der Waals surface area contributed by atoms with Crippen molar-refractivity contribution in [2.24, 2.45) is 5.92 Å². The van der Waals surface area contributed by atoms with E-state index in [4.69, 9.17) is 0 Å². The quantitative estimate of drug-likeness (QED) is 0.631. The van der Waals surface area contributed by atoms with Crippen molar-refractivity contribution in [1.29, 1.82) is 0 Å². The molecule has 1 heteroatoms. The highest BCUT2D eigenvalue weighted by atomic mass is 32.2. The molecule has 0 aromatic rings.